The van der Waals surface area contributed by atoms with Crippen LogP contribution in [-0.4, -0.2) is 55.8 Å². The van der Waals surface area contributed by atoms with Crippen LogP contribution in [0.1, 0.15) is 59.3 Å². The van der Waals surface area contributed by atoms with E-state index in [1.165, 1.54) is 6.20 Å². The highest BCUT2D eigenvalue weighted by Gasteiger charge is 2.29. The minimum absolute atomic E-state index is 0.0438. The summed E-state index contributed by atoms with van der Waals surface area (Å²) < 4.78 is 7.47. The van der Waals surface area contributed by atoms with Crippen molar-refractivity contribution in [3.8, 4) is 5.75 Å². The predicted molar refractivity (Wildman–Crippen MR) is 98.1 cm³/mol. The van der Waals surface area contributed by atoms with Crippen molar-refractivity contribution < 1.29 is 19.4 Å². The van der Waals surface area contributed by atoms with Gasteiger partial charge < -0.3 is 14.7 Å². The fourth-order valence-electron chi connectivity index (χ4n) is 3.36. The summed E-state index contributed by atoms with van der Waals surface area (Å²) in [6, 6.07) is 3.59. The minimum atomic E-state index is -0.973. The van der Waals surface area contributed by atoms with E-state index >= 15 is 0 Å². The Bertz CT molecular complexity index is 838. The molecule has 8 heteroatoms. The van der Waals surface area contributed by atoms with Crippen molar-refractivity contribution in [2.24, 2.45) is 0 Å². The lowest BCUT2D eigenvalue weighted by molar-refractivity contribution is 0.0676. The first-order valence-electron chi connectivity index (χ1n) is 9.06. The Morgan fingerprint density at radius 1 is 1.30 bits per heavy atom. The number of aromatic carboxylic acids is 1. The summed E-state index contributed by atoms with van der Waals surface area (Å²) in [5.74, 6) is -0.624. The number of nitrogens with zero attached hydrogens (tertiary/aromatic N) is 4. The van der Waals surface area contributed by atoms with Crippen LogP contribution in [0.3, 0.4) is 0 Å². The molecular weight excluding hydrogens is 348 g/mol. The molecule has 144 valence electrons. The highest BCUT2D eigenvalue weighted by molar-refractivity contribution is 5.95. The van der Waals surface area contributed by atoms with Gasteiger partial charge in [-0.1, -0.05) is 0 Å². The zero-order valence-corrected chi connectivity index (χ0v) is 15.8. The van der Waals surface area contributed by atoms with Crippen LogP contribution in [0, 0.1) is 6.92 Å². The van der Waals surface area contributed by atoms with Crippen LogP contribution < -0.4 is 4.74 Å². The van der Waals surface area contributed by atoms with E-state index < -0.39 is 5.97 Å². The van der Waals surface area contributed by atoms with E-state index in [1.54, 1.807) is 34.8 Å². The summed E-state index contributed by atoms with van der Waals surface area (Å²) in [5.41, 5.74) is 1.19. The van der Waals surface area contributed by atoms with Crippen molar-refractivity contribution in [2.45, 2.75) is 45.8 Å². The summed E-state index contributed by atoms with van der Waals surface area (Å²) in [5, 5.41) is 13.4. The zero-order valence-electron chi connectivity index (χ0n) is 15.8. The number of piperidine rings is 1. The normalized spacial score (nSPS) is 15.2. The Hall–Kier alpha value is -2.90. The van der Waals surface area contributed by atoms with E-state index in [4.69, 9.17) is 4.74 Å². The number of carbonyl (C=O) groups is 2. The Labute approximate surface area is 157 Å². The van der Waals surface area contributed by atoms with Gasteiger partial charge in [0.2, 0.25) is 0 Å². The van der Waals surface area contributed by atoms with Crippen molar-refractivity contribution in [2.75, 3.05) is 13.1 Å². The van der Waals surface area contributed by atoms with E-state index in [9.17, 15) is 14.7 Å². The molecule has 2 aromatic heterocycles. The van der Waals surface area contributed by atoms with Gasteiger partial charge in [0.15, 0.2) is 11.4 Å². The summed E-state index contributed by atoms with van der Waals surface area (Å²) in [4.78, 5) is 30.1. The van der Waals surface area contributed by atoms with Crippen LogP contribution in [0.15, 0.2) is 24.5 Å². The lowest BCUT2D eigenvalue weighted by Crippen LogP contribution is -2.40. The number of amides is 1. The first kappa shape index (κ1) is 18.9. The molecule has 0 radical (unpaired) electrons. The summed E-state index contributed by atoms with van der Waals surface area (Å²) in [7, 11) is 0. The van der Waals surface area contributed by atoms with Gasteiger partial charge in [-0.15, -0.1) is 0 Å². The number of carbonyl (C=O) groups excluding carboxylic acids is 1. The Kier molecular flexibility index (Phi) is 5.43. The maximum Gasteiger partial charge on any atom is 0.339 e. The molecule has 1 aliphatic rings. The second-order valence-corrected chi connectivity index (χ2v) is 6.93. The lowest BCUT2D eigenvalue weighted by atomic mass is 10.0. The van der Waals surface area contributed by atoms with Crippen molar-refractivity contribution in [3.63, 3.8) is 0 Å². The van der Waals surface area contributed by atoms with Crippen molar-refractivity contribution >= 4 is 11.9 Å². The van der Waals surface area contributed by atoms with Gasteiger partial charge in [0.1, 0.15) is 5.56 Å². The maximum absolute atomic E-state index is 12.9. The smallest absolute Gasteiger partial charge is 0.339 e. The molecule has 27 heavy (non-hydrogen) atoms. The average Bonchev–Trinajstić information content (AvgIpc) is 3.03. The molecule has 2 aromatic rings. The number of carboxylic acids is 1. The van der Waals surface area contributed by atoms with Gasteiger partial charge in [0.05, 0.1) is 24.0 Å². The molecular formula is C19H24N4O4. The van der Waals surface area contributed by atoms with E-state index in [2.05, 4.69) is 10.1 Å². The van der Waals surface area contributed by atoms with Crippen molar-refractivity contribution in [3.05, 3.63) is 41.5 Å². The third kappa shape index (κ3) is 3.94. The summed E-state index contributed by atoms with van der Waals surface area (Å²) >= 11 is 0. The second-order valence-electron chi connectivity index (χ2n) is 6.93. The van der Waals surface area contributed by atoms with E-state index in [-0.39, 0.29) is 23.6 Å². The topological polar surface area (TPSA) is 97.6 Å². The first-order valence-corrected chi connectivity index (χ1v) is 9.06. The summed E-state index contributed by atoms with van der Waals surface area (Å²) in [6.07, 6.45) is 4.35. The van der Waals surface area contributed by atoms with Crippen LogP contribution in [0.4, 0.5) is 0 Å². The van der Waals surface area contributed by atoms with Gasteiger partial charge in [0.25, 0.3) is 5.91 Å². The number of hydrogen-bond donors (Lipinski definition) is 1. The molecule has 0 aromatic carbocycles. The van der Waals surface area contributed by atoms with Gasteiger partial charge in [-0.2, -0.15) is 5.10 Å². The van der Waals surface area contributed by atoms with Crippen molar-refractivity contribution in [1.82, 2.24) is 19.7 Å². The molecule has 1 amide bonds. The highest BCUT2D eigenvalue weighted by Crippen LogP contribution is 2.27. The SMILES string of the molecule is Cc1c(C(=O)O)cnn1C1CCN(C(=O)c2ncccc2OC(C)C)CC1. The predicted octanol–water partition coefficient (Wildman–Crippen LogP) is 2.55. The number of pyridine rings is 1. The number of carboxylic acid groups (broad SMARTS) is 1. The Morgan fingerprint density at radius 2 is 2.00 bits per heavy atom. The van der Waals surface area contributed by atoms with E-state index in [0.717, 1.165) is 0 Å². The molecule has 3 heterocycles. The molecule has 0 unspecified atom stereocenters. The van der Waals surface area contributed by atoms with E-state index in [1.807, 2.05) is 13.8 Å². The third-order valence-electron chi connectivity index (χ3n) is 4.71. The highest BCUT2D eigenvalue weighted by atomic mass is 16.5. The van der Waals surface area contributed by atoms with Crippen LogP contribution in [0.2, 0.25) is 0 Å². The largest absolute Gasteiger partial charge is 0.489 e. The fraction of sp³-hybridized carbons (Fsp3) is 0.474. The van der Waals surface area contributed by atoms with Gasteiger partial charge in [-0.3, -0.25) is 9.48 Å². The average molecular weight is 372 g/mol. The zero-order chi connectivity index (χ0) is 19.6. The monoisotopic (exact) mass is 372 g/mol. The minimum Gasteiger partial charge on any atom is -0.489 e. The molecule has 1 saturated heterocycles. The van der Waals surface area contributed by atoms with Gasteiger partial charge in [-0.05, 0) is 45.7 Å². The lowest BCUT2D eigenvalue weighted by Gasteiger charge is -2.32. The number of hydrogen-bond acceptors (Lipinski definition) is 5. The molecule has 1 aliphatic heterocycles. The van der Waals surface area contributed by atoms with Gasteiger partial charge in [0, 0.05) is 19.3 Å². The van der Waals surface area contributed by atoms with Crippen molar-refractivity contribution in [1.29, 1.82) is 0 Å². The molecule has 8 nitrogen and oxygen atoms in total. The number of rotatable bonds is 5. The van der Waals surface area contributed by atoms with Crippen LogP contribution in [0.25, 0.3) is 0 Å². The van der Waals surface area contributed by atoms with Gasteiger partial charge >= 0.3 is 5.97 Å². The standard InChI is InChI=1S/C19H24N4O4/c1-12(2)27-16-5-4-8-20-17(16)18(24)22-9-6-14(7-10-22)23-13(3)15(11-21-23)19(25)26/h4-5,8,11-12,14H,6-7,9-10H2,1-3H3,(H,25,26). The molecule has 1 N–H and O–H groups in total. The van der Waals surface area contributed by atoms with Crippen LogP contribution >= 0.6 is 0 Å². The Balaban J connectivity index is 1.69. The molecule has 0 bridgehead atoms. The first-order chi connectivity index (χ1) is 12.9. The maximum atomic E-state index is 12.9. The van der Waals surface area contributed by atoms with E-state index in [0.29, 0.717) is 43.1 Å². The molecule has 3 rings (SSSR count). The second kappa shape index (κ2) is 7.77. The molecule has 0 spiro atoms. The molecule has 0 aliphatic carbocycles. The Morgan fingerprint density at radius 3 is 2.59 bits per heavy atom. The quantitative estimate of drug-likeness (QED) is 0.866. The van der Waals surface area contributed by atoms with Crippen LogP contribution in [-0.2, 0) is 0 Å². The third-order valence-corrected chi connectivity index (χ3v) is 4.71. The number of aromatic nitrogens is 3. The number of ether oxygens (including phenoxy) is 1. The fourth-order valence-corrected chi connectivity index (χ4v) is 3.36. The van der Waals surface area contributed by atoms with Crippen LogP contribution in [0.5, 0.6) is 5.75 Å². The molecule has 0 saturated carbocycles. The number of likely N-dealkylation sites (tertiary alicyclic amines) is 1. The summed E-state index contributed by atoms with van der Waals surface area (Å²) in [6.45, 7) is 6.69. The molecule has 1 fully saturated rings. The molecule has 0 atom stereocenters. The van der Waals surface area contributed by atoms with Gasteiger partial charge in [-0.25, -0.2) is 9.78 Å².